The lowest BCUT2D eigenvalue weighted by Crippen LogP contribution is -2.32. The zero-order valence-corrected chi connectivity index (χ0v) is 12.6. The molecule has 0 aliphatic rings. The zero-order valence-electron chi connectivity index (χ0n) is 11.9. The fourth-order valence-corrected chi connectivity index (χ4v) is 1.99. The van der Waals surface area contributed by atoms with Crippen LogP contribution < -0.4 is 5.32 Å². The number of nitrogens with zero attached hydrogens (tertiary/aromatic N) is 2. The summed E-state index contributed by atoms with van der Waals surface area (Å²) in [6.07, 6.45) is 0.891. The van der Waals surface area contributed by atoms with E-state index in [-0.39, 0.29) is 11.9 Å². The van der Waals surface area contributed by atoms with Gasteiger partial charge in [-0.1, -0.05) is 30.7 Å². The van der Waals surface area contributed by atoms with Crippen molar-refractivity contribution >= 4 is 17.5 Å². The van der Waals surface area contributed by atoms with Crippen LogP contribution in [0.2, 0.25) is 5.02 Å². The molecule has 0 saturated carbocycles. The first kappa shape index (κ1) is 14.6. The van der Waals surface area contributed by atoms with Crippen LogP contribution in [0.5, 0.6) is 0 Å². The number of halogens is 1. The smallest absolute Gasteiger partial charge is 0.272 e. The SMILES string of the molecule is CCC(C)NC(=O)c1cc(-c2ccc(Cl)cc2)n(C)n1. The molecular weight excluding hydrogens is 274 g/mol. The maximum absolute atomic E-state index is 12.1. The van der Waals surface area contributed by atoms with Crippen molar-refractivity contribution in [3.8, 4) is 11.3 Å². The normalized spacial score (nSPS) is 12.2. The summed E-state index contributed by atoms with van der Waals surface area (Å²) in [4.78, 5) is 12.1. The van der Waals surface area contributed by atoms with Gasteiger partial charge in [0.25, 0.3) is 5.91 Å². The van der Waals surface area contributed by atoms with Crippen molar-refractivity contribution < 1.29 is 4.79 Å². The summed E-state index contributed by atoms with van der Waals surface area (Å²) in [5, 5.41) is 7.87. The molecule has 0 radical (unpaired) electrons. The molecule has 1 N–H and O–H groups in total. The van der Waals surface area contributed by atoms with E-state index in [9.17, 15) is 4.79 Å². The number of carbonyl (C=O) groups is 1. The molecule has 106 valence electrons. The number of hydrogen-bond acceptors (Lipinski definition) is 2. The lowest BCUT2D eigenvalue weighted by atomic mass is 10.1. The summed E-state index contributed by atoms with van der Waals surface area (Å²) >= 11 is 5.88. The van der Waals surface area contributed by atoms with Crippen molar-refractivity contribution in [2.75, 3.05) is 0 Å². The number of carbonyl (C=O) groups excluding carboxylic acids is 1. The standard InChI is InChI=1S/C15H18ClN3O/c1-4-10(2)17-15(20)13-9-14(19(3)18-13)11-5-7-12(16)8-6-11/h5-10H,4H2,1-3H3,(H,17,20). The topological polar surface area (TPSA) is 46.9 Å². The van der Waals surface area contributed by atoms with Gasteiger partial charge in [-0.05, 0) is 37.1 Å². The van der Waals surface area contributed by atoms with Crippen LogP contribution in [0, 0.1) is 0 Å². The van der Waals surface area contributed by atoms with Crippen LogP contribution in [0.25, 0.3) is 11.3 Å². The van der Waals surface area contributed by atoms with Crippen molar-refractivity contribution in [1.82, 2.24) is 15.1 Å². The number of aromatic nitrogens is 2. The Morgan fingerprint density at radius 3 is 2.65 bits per heavy atom. The van der Waals surface area contributed by atoms with Gasteiger partial charge in [-0.25, -0.2) is 0 Å². The molecule has 0 aliphatic heterocycles. The second-order valence-electron chi connectivity index (χ2n) is 4.83. The number of amides is 1. The van der Waals surface area contributed by atoms with Gasteiger partial charge < -0.3 is 5.32 Å². The molecule has 0 bridgehead atoms. The first-order valence-corrected chi connectivity index (χ1v) is 7.00. The summed E-state index contributed by atoms with van der Waals surface area (Å²) in [7, 11) is 1.82. The molecule has 1 unspecified atom stereocenters. The average Bonchev–Trinajstić information content (AvgIpc) is 2.81. The second kappa shape index (κ2) is 6.09. The first-order valence-electron chi connectivity index (χ1n) is 6.62. The van der Waals surface area contributed by atoms with E-state index in [0.29, 0.717) is 10.7 Å². The molecule has 0 spiro atoms. The quantitative estimate of drug-likeness (QED) is 0.940. The lowest BCUT2D eigenvalue weighted by molar-refractivity contribution is 0.0933. The molecule has 20 heavy (non-hydrogen) atoms. The molecular formula is C15H18ClN3O. The van der Waals surface area contributed by atoms with Gasteiger partial charge in [0.2, 0.25) is 0 Å². The highest BCUT2D eigenvalue weighted by molar-refractivity contribution is 6.30. The highest BCUT2D eigenvalue weighted by Gasteiger charge is 2.15. The van der Waals surface area contributed by atoms with E-state index < -0.39 is 0 Å². The molecule has 2 rings (SSSR count). The highest BCUT2D eigenvalue weighted by Crippen LogP contribution is 2.22. The molecule has 4 nitrogen and oxygen atoms in total. The number of benzene rings is 1. The third-order valence-electron chi connectivity index (χ3n) is 3.24. The average molecular weight is 292 g/mol. The number of nitrogens with one attached hydrogen (secondary N) is 1. The third kappa shape index (κ3) is 3.20. The minimum atomic E-state index is -0.143. The Morgan fingerprint density at radius 2 is 2.05 bits per heavy atom. The van der Waals surface area contributed by atoms with Crippen LogP contribution in [-0.2, 0) is 7.05 Å². The van der Waals surface area contributed by atoms with Gasteiger partial charge in [-0.15, -0.1) is 0 Å². The minimum Gasteiger partial charge on any atom is -0.348 e. The Labute approximate surface area is 123 Å². The van der Waals surface area contributed by atoms with Crippen molar-refractivity contribution in [1.29, 1.82) is 0 Å². The Kier molecular flexibility index (Phi) is 4.45. The van der Waals surface area contributed by atoms with Crippen LogP contribution in [0.1, 0.15) is 30.8 Å². The van der Waals surface area contributed by atoms with Gasteiger partial charge in [-0.3, -0.25) is 9.48 Å². The Morgan fingerprint density at radius 1 is 1.40 bits per heavy atom. The molecule has 2 aromatic rings. The van der Waals surface area contributed by atoms with E-state index in [1.54, 1.807) is 10.7 Å². The predicted octanol–water partition coefficient (Wildman–Crippen LogP) is 3.27. The van der Waals surface area contributed by atoms with Crippen molar-refractivity contribution in [3.05, 3.63) is 41.0 Å². The molecule has 5 heteroatoms. The van der Waals surface area contributed by atoms with Crippen molar-refractivity contribution in [2.24, 2.45) is 7.05 Å². The molecule has 0 aliphatic carbocycles. The predicted molar refractivity (Wildman–Crippen MR) is 80.9 cm³/mol. The van der Waals surface area contributed by atoms with Gasteiger partial charge >= 0.3 is 0 Å². The van der Waals surface area contributed by atoms with E-state index in [1.165, 1.54) is 0 Å². The van der Waals surface area contributed by atoms with Crippen molar-refractivity contribution in [2.45, 2.75) is 26.3 Å². The molecule has 1 atom stereocenters. The summed E-state index contributed by atoms with van der Waals surface area (Å²) < 4.78 is 1.70. The van der Waals surface area contributed by atoms with Crippen molar-refractivity contribution in [3.63, 3.8) is 0 Å². The monoisotopic (exact) mass is 291 g/mol. The van der Waals surface area contributed by atoms with E-state index in [0.717, 1.165) is 17.7 Å². The maximum Gasteiger partial charge on any atom is 0.272 e. The molecule has 1 aromatic carbocycles. The third-order valence-corrected chi connectivity index (χ3v) is 3.49. The van der Waals surface area contributed by atoms with E-state index in [1.807, 2.05) is 45.2 Å². The van der Waals surface area contributed by atoms with E-state index in [2.05, 4.69) is 10.4 Å². The van der Waals surface area contributed by atoms with Crippen LogP contribution >= 0.6 is 11.6 Å². The largest absolute Gasteiger partial charge is 0.348 e. The number of rotatable bonds is 4. The number of aryl methyl sites for hydroxylation is 1. The zero-order chi connectivity index (χ0) is 14.7. The van der Waals surface area contributed by atoms with Gasteiger partial charge in [0, 0.05) is 18.1 Å². The molecule has 0 saturated heterocycles. The Balaban J connectivity index is 2.25. The fourth-order valence-electron chi connectivity index (χ4n) is 1.87. The molecule has 1 heterocycles. The van der Waals surface area contributed by atoms with Gasteiger partial charge in [-0.2, -0.15) is 5.10 Å². The van der Waals surface area contributed by atoms with Crippen LogP contribution in [0.4, 0.5) is 0 Å². The second-order valence-corrected chi connectivity index (χ2v) is 5.26. The van der Waals surface area contributed by atoms with Crippen LogP contribution in [0.15, 0.2) is 30.3 Å². The molecule has 1 aromatic heterocycles. The van der Waals surface area contributed by atoms with E-state index >= 15 is 0 Å². The molecule has 1 amide bonds. The summed E-state index contributed by atoms with van der Waals surface area (Å²) in [6, 6.07) is 9.40. The number of hydrogen-bond donors (Lipinski definition) is 1. The fraction of sp³-hybridized carbons (Fsp3) is 0.333. The van der Waals surface area contributed by atoms with Gasteiger partial charge in [0.15, 0.2) is 5.69 Å². The highest BCUT2D eigenvalue weighted by atomic mass is 35.5. The summed E-state index contributed by atoms with van der Waals surface area (Å²) in [5.41, 5.74) is 2.29. The Bertz CT molecular complexity index is 604. The maximum atomic E-state index is 12.1. The van der Waals surface area contributed by atoms with Gasteiger partial charge in [0.1, 0.15) is 0 Å². The van der Waals surface area contributed by atoms with E-state index in [4.69, 9.17) is 11.6 Å². The molecule has 0 fully saturated rings. The summed E-state index contributed by atoms with van der Waals surface area (Å²) in [5.74, 6) is -0.143. The van der Waals surface area contributed by atoms with Gasteiger partial charge in [0.05, 0.1) is 5.69 Å². The summed E-state index contributed by atoms with van der Waals surface area (Å²) in [6.45, 7) is 4.00. The Hall–Kier alpha value is -1.81. The first-order chi connectivity index (χ1) is 9.51. The lowest BCUT2D eigenvalue weighted by Gasteiger charge is -2.09. The van der Waals surface area contributed by atoms with Crippen LogP contribution in [0.3, 0.4) is 0 Å². The van der Waals surface area contributed by atoms with Crippen LogP contribution in [-0.4, -0.2) is 21.7 Å². The minimum absolute atomic E-state index is 0.142.